The van der Waals surface area contributed by atoms with Crippen molar-refractivity contribution in [3.05, 3.63) is 16.3 Å². The van der Waals surface area contributed by atoms with Gasteiger partial charge in [0.05, 0.1) is 4.92 Å². The first-order chi connectivity index (χ1) is 7.75. The molecular weight excluding hydrogens is 228 g/mol. The number of thiazole rings is 1. The van der Waals surface area contributed by atoms with Crippen molar-refractivity contribution in [1.29, 1.82) is 0 Å². The Hall–Kier alpha value is -1.21. The molecule has 0 bridgehead atoms. The van der Waals surface area contributed by atoms with Gasteiger partial charge in [-0.25, -0.2) is 4.98 Å². The maximum atomic E-state index is 10.4. The van der Waals surface area contributed by atoms with Crippen LogP contribution < -0.4 is 10.6 Å². The molecule has 16 heavy (non-hydrogen) atoms. The van der Waals surface area contributed by atoms with Gasteiger partial charge in [-0.15, -0.1) is 0 Å². The van der Waals surface area contributed by atoms with Crippen molar-refractivity contribution in [3.8, 4) is 0 Å². The molecule has 1 aromatic rings. The first kappa shape index (κ1) is 11.3. The fraction of sp³-hybridized carbons (Fsp3) is 0.667. The van der Waals surface area contributed by atoms with Gasteiger partial charge in [-0.05, 0) is 37.1 Å². The standard InChI is InChI=1S/C9H14N4O2S/c14-13(15)8-6-12-9(16-8)11-5-3-7-2-1-4-10-7/h6-7,10H,1-5H2,(H,11,12)/t7-/m1/s1. The van der Waals surface area contributed by atoms with E-state index in [0.717, 1.165) is 30.8 Å². The van der Waals surface area contributed by atoms with Gasteiger partial charge < -0.3 is 10.6 Å². The largest absolute Gasteiger partial charge is 0.361 e. The molecule has 6 nitrogen and oxygen atoms in total. The van der Waals surface area contributed by atoms with E-state index >= 15 is 0 Å². The second-order valence-corrected chi connectivity index (χ2v) is 4.78. The molecule has 88 valence electrons. The van der Waals surface area contributed by atoms with Crippen LogP contribution in [0.1, 0.15) is 19.3 Å². The third-order valence-electron chi connectivity index (χ3n) is 2.60. The molecule has 0 radical (unpaired) electrons. The van der Waals surface area contributed by atoms with Gasteiger partial charge in [0.2, 0.25) is 0 Å². The molecule has 1 fully saturated rings. The highest BCUT2D eigenvalue weighted by atomic mass is 32.1. The Morgan fingerprint density at radius 2 is 2.62 bits per heavy atom. The van der Waals surface area contributed by atoms with Crippen molar-refractivity contribution < 1.29 is 4.92 Å². The van der Waals surface area contributed by atoms with E-state index in [2.05, 4.69) is 15.6 Å². The Morgan fingerprint density at radius 3 is 3.25 bits per heavy atom. The van der Waals surface area contributed by atoms with Crippen LogP contribution in [-0.4, -0.2) is 29.0 Å². The lowest BCUT2D eigenvalue weighted by Crippen LogP contribution is -2.23. The number of hydrogen-bond donors (Lipinski definition) is 2. The lowest BCUT2D eigenvalue weighted by molar-refractivity contribution is -0.380. The molecule has 0 saturated carbocycles. The summed E-state index contributed by atoms with van der Waals surface area (Å²) in [6.07, 6.45) is 4.79. The average Bonchev–Trinajstić information content (AvgIpc) is 2.87. The van der Waals surface area contributed by atoms with Gasteiger partial charge in [0, 0.05) is 12.6 Å². The van der Waals surface area contributed by atoms with Crippen molar-refractivity contribution in [2.24, 2.45) is 0 Å². The molecule has 1 atom stereocenters. The first-order valence-electron chi connectivity index (χ1n) is 5.33. The number of nitrogens with zero attached hydrogens (tertiary/aromatic N) is 2. The third kappa shape index (κ3) is 2.89. The smallest absolute Gasteiger partial charge is 0.345 e. The van der Waals surface area contributed by atoms with Crippen LogP contribution in [0, 0.1) is 10.1 Å². The lowest BCUT2D eigenvalue weighted by atomic mass is 10.2. The van der Waals surface area contributed by atoms with E-state index in [1.165, 1.54) is 19.0 Å². The van der Waals surface area contributed by atoms with Gasteiger partial charge in [0.15, 0.2) is 5.13 Å². The van der Waals surface area contributed by atoms with Gasteiger partial charge in [0.1, 0.15) is 6.20 Å². The number of rotatable bonds is 5. The van der Waals surface area contributed by atoms with Gasteiger partial charge in [-0.1, -0.05) is 0 Å². The molecule has 1 saturated heterocycles. The van der Waals surface area contributed by atoms with E-state index in [9.17, 15) is 10.1 Å². The van der Waals surface area contributed by atoms with Crippen molar-refractivity contribution >= 4 is 21.5 Å². The van der Waals surface area contributed by atoms with E-state index in [4.69, 9.17) is 0 Å². The summed E-state index contributed by atoms with van der Waals surface area (Å²) in [4.78, 5) is 14.0. The average molecular weight is 242 g/mol. The van der Waals surface area contributed by atoms with Crippen LogP contribution in [0.15, 0.2) is 6.20 Å². The molecular formula is C9H14N4O2S. The molecule has 2 heterocycles. The Kier molecular flexibility index (Phi) is 3.68. The molecule has 2 rings (SSSR count). The fourth-order valence-electron chi connectivity index (χ4n) is 1.79. The minimum absolute atomic E-state index is 0.0847. The molecule has 0 aliphatic carbocycles. The van der Waals surface area contributed by atoms with E-state index in [1.54, 1.807) is 0 Å². The summed E-state index contributed by atoms with van der Waals surface area (Å²) < 4.78 is 0. The first-order valence-corrected chi connectivity index (χ1v) is 6.15. The zero-order chi connectivity index (χ0) is 11.4. The number of nitrogens with one attached hydrogen (secondary N) is 2. The molecule has 0 spiro atoms. The van der Waals surface area contributed by atoms with Crippen molar-refractivity contribution in [2.75, 3.05) is 18.4 Å². The van der Waals surface area contributed by atoms with Crippen LogP contribution in [-0.2, 0) is 0 Å². The van der Waals surface area contributed by atoms with Crippen LogP contribution in [0.5, 0.6) is 0 Å². The Balaban J connectivity index is 1.74. The summed E-state index contributed by atoms with van der Waals surface area (Å²) in [7, 11) is 0. The second kappa shape index (κ2) is 5.22. The maximum Gasteiger partial charge on any atom is 0.345 e. The fourth-order valence-corrected chi connectivity index (χ4v) is 2.45. The summed E-state index contributed by atoms with van der Waals surface area (Å²) in [5.41, 5.74) is 0. The highest BCUT2D eigenvalue weighted by molar-refractivity contribution is 7.18. The molecule has 0 aromatic carbocycles. The SMILES string of the molecule is O=[N+]([O-])c1cnc(NCC[C@H]2CCCN2)s1. The molecule has 1 aromatic heterocycles. The highest BCUT2D eigenvalue weighted by Gasteiger charge is 2.14. The lowest BCUT2D eigenvalue weighted by Gasteiger charge is -2.09. The van der Waals surface area contributed by atoms with Crippen LogP contribution in [0.3, 0.4) is 0 Å². The molecule has 0 amide bonds. The van der Waals surface area contributed by atoms with E-state index in [1.807, 2.05) is 0 Å². The second-order valence-electron chi connectivity index (χ2n) is 3.77. The van der Waals surface area contributed by atoms with Crippen LogP contribution in [0.4, 0.5) is 10.1 Å². The summed E-state index contributed by atoms with van der Waals surface area (Å²) in [6, 6.07) is 0.586. The highest BCUT2D eigenvalue weighted by Crippen LogP contribution is 2.24. The number of aromatic nitrogens is 1. The monoisotopic (exact) mass is 242 g/mol. The Bertz CT molecular complexity index is 362. The minimum Gasteiger partial charge on any atom is -0.361 e. The van der Waals surface area contributed by atoms with Crippen LogP contribution in [0.2, 0.25) is 0 Å². The topological polar surface area (TPSA) is 80.1 Å². The molecule has 2 N–H and O–H groups in total. The van der Waals surface area contributed by atoms with Crippen molar-refractivity contribution in [1.82, 2.24) is 10.3 Å². The molecule has 1 aliphatic rings. The van der Waals surface area contributed by atoms with E-state index < -0.39 is 4.92 Å². The maximum absolute atomic E-state index is 10.4. The summed E-state index contributed by atoms with van der Waals surface area (Å²) in [5.74, 6) is 0. The number of hydrogen-bond acceptors (Lipinski definition) is 6. The van der Waals surface area contributed by atoms with E-state index in [0.29, 0.717) is 11.2 Å². The Labute approximate surface area is 97.2 Å². The molecule has 7 heteroatoms. The third-order valence-corrected chi connectivity index (χ3v) is 3.51. The quantitative estimate of drug-likeness (QED) is 0.605. The van der Waals surface area contributed by atoms with Gasteiger partial charge in [-0.2, -0.15) is 0 Å². The van der Waals surface area contributed by atoms with Gasteiger partial charge >= 0.3 is 5.00 Å². The van der Waals surface area contributed by atoms with Crippen LogP contribution in [0.25, 0.3) is 0 Å². The summed E-state index contributed by atoms with van der Waals surface area (Å²) in [5, 5.41) is 17.7. The van der Waals surface area contributed by atoms with Crippen molar-refractivity contribution in [2.45, 2.75) is 25.3 Å². The summed E-state index contributed by atoms with van der Waals surface area (Å²) in [6.45, 7) is 1.91. The van der Waals surface area contributed by atoms with Crippen molar-refractivity contribution in [3.63, 3.8) is 0 Å². The van der Waals surface area contributed by atoms with Gasteiger partial charge in [0.25, 0.3) is 0 Å². The predicted molar refractivity (Wildman–Crippen MR) is 62.9 cm³/mol. The van der Waals surface area contributed by atoms with Gasteiger partial charge in [-0.3, -0.25) is 10.1 Å². The predicted octanol–water partition coefficient (Wildman–Crippen LogP) is 1.61. The zero-order valence-electron chi connectivity index (χ0n) is 8.81. The summed E-state index contributed by atoms with van der Waals surface area (Å²) >= 11 is 1.08. The molecule has 0 unspecified atom stereocenters. The number of anilines is 1. The zero-order valence-corrected chi connectivity index (χ0v) is 9.63. The van der Waals surface area contributed by atoms with E-state index in [-0.39, 0.29) is 5.00 Å². The molecule has 1 aliphatic heterocycles. The van der Waals surface area contributed by atoms with Crippen LogP contribution >= 0.6 is 11.3 Å². The normalized spacial score (nSPS) is 19.9. The number of nitro groups is 1. The Morgan fingerprint density at radius 1 is 1.75 bits per heavy atom. The minimum atomic E-state index is -0.415.